The third-order valence-corrected chi connectivity index (χ3v) is 5.46. The molecule has 2 aliphatic rings. The molecule has 0 saturated carbocycles. The first-order valence-corrected chi connectivity index (χ1v) is 9.04. The lowest BCUT2D eigenvalue weighted by molar-refractivity contribution is -0.136. The summed E-state index contributed by atoms with van der Waals surface area (Å²) in [6.45, 7) is 0. The van der Waals surface area contributed by atoms with E-state index in [-0.39, 0.29) is 22.6 Å². The number of ether oxygens (including phenoxy) is 1. The van der Waals surface area contributed by atoms with Gasteiger partial charge in [-0.05, 0) is 6.07 Å². The molecule has 0 fully saturated rings. The van der Waals surface area contributed by atoms with E-state index in [0.717, 1.165) is 6.07 Å². The third-order valence-electron chi connectivity index (χ3n) is 5.46. The van der Waals surface area contributed by atoms with Crippen molar-refractivity contribution >= 4 is 11.6 Å². The van der Waals surface area contributed by atoms with Crippen LogP contribution in [0.15, 0.2) is 60.0 Å². The molecule has 1 spiro atoms. The Labute approximate surface area is 172 Å². The fourth-order valence-electron chi connectivity index (χ4n) is 4.23. The van der Waals surface area contributed by atoms with Crippen LogP contribution in [0.25, 0.3) is 11.3 Å². The summed E-state index contributed by atoms with van der Waals surface area (Å²) in [5, 5.41) is 19.1. The molecule has 3 heterocycles. The SMILES string of the molecule is N#CC1=C(N)Oc2n[nH]c(-c3ccccc3)c2C12C(=O)Nc1c(C(F)(F)F)cccc12. The highest BCUT2D eigenvalue weighted by Crippen LogP contribution is 2.57. The molecule has 31 heavy (non-hydrogen) atoms. The Balaban J connectivity index is 1.91. The summed E-state index contributed by atoms with van der Waals surface area (Å²) in [6.07, 6.45) is -4.72. The Morgan fingerprint density at radius 3 is 2.55 bits per heavy atom. The summed E-state index contributed by atoms with van der Waals surface area (Å²) in [5.41, 5.74) is 3.22. The second-order valence-electron chi connectivity index (χ2n) is 7.03. The Morgan fingerprint density at radius 2 is 1.87 bits per heavy atom. The van der Waals surface area contributed by atoms with Gasteiger partial charge in [-0.2, -0.15) is 18.4 Å². The van der Waals surface area contributed by atoms with Gasteiger partial charge in [-0.15, -0.1) is 5.10 Å². The highest BCUT2D eigenvalue weighted by atomic mass is 19.4. The van der Waals surface area contributed by atoms with Crippen LogP contribution in [0.5, 0.6) is 5.88 Å². The smallest absolute Gasteiger partial charge is 0.418 e. The van der Waals surface area contributed by atoms with Crippen LogP contribution >= 0.6 is 0 Å². The molecular formula is C21H12F3N5O2. The van der Waals surface area contributed by atoms with Gasteiger partial charge in [0.25, 0.3) is 0 Å². The van der Waals surface area contributed by atoms with Crippen molar-refractivity contribution in [3.63, 3.8) is 0 Å². The number of nitrogens with zero attached hydrogens (tertiary/aromatic N) is 2. The van der Waals surface area contributed by atoms with Gasteiger partial charge in [-0.3, -0.25) is 9.89 Å². The van der Waals surface area contributed by atoms with Crippen molar-refractivity contribution in [2.24, 2.45) is 5.73 Å². The first kappa shape index (κ1) is 18.7. The van der Waals surface area contributed by atoms with Gasteiger partial charge in [0.2, 0.25) is 17.7 Å². The largest absolute Gasteiger partial charge is 0.420 e. The van der Waals surface area contributed by atoms with Gasteiger partial charge in [0.15, 0.2) is 0 Å². The molecule has 1 amide bonds. The fraction of sp³-hybridized carbons (Fsp3) is 0.0952. The van der Waals surface area contributed by atoms with Crippen LogP contribution in [0, 0.1) is 11.3 Å². The number of H-pyrrole nitrogens is 1. The molecule has 2 aliphatic heterocycles. The zero-order valence-electron chi connectivity index (χ0n) is 15.5. The third kappa shape index (κ3) is 2.34. The van der Waals surface area contributed by atoms with Gasteiger partial charge in [0.1, 0.15) is 17.1 Å². The number of para-hydroxylation sites is 1. The van der Waals surface area contributed by atoms with E-state index in [4.69, 9.17) is 10.5 Å². The predicted molar refractivity (Wildman–Crippen MR) is 102 cm³/mol. The number of hydrogen-bond acceptors (Lipinski definition) is 5. The number of aromatic nitrogens is 2. The second kappa shape index (κ2) is 6.12. The Morgan fingerprint density at radius 1 is 1.13 bits per heavy atom. The van der Waals surface area contributed by atoms with Crippen molar-refractivity contribution in [1.82, 2.24) is 10.2 Å². The Kier molecular flexibility index (Phi) is 3.70. The number of fused-ring (bicyclic) bond motifs is 4. The van der Waals surface area contributed by atoms with E-state index in [1.165, 1.54) is 12.1 Å². The number of amides is 1. The number of aromatic amines is 1. The van der Waals surface area contributed by atoms with Gasteiger partial charge >= 0.3 is 6.18 Å². The van der Waals surface area contributed by atoms with E-state index < -0.39 is 34.6 Å². The molecule has 1 unspecified atom stereocenters. The molecule has 0 bridgehead atoms. The number of alkyl halides is 3. The summed E-state index contributed by atoms with van der Waals surface area (Å²) in [6, 6.07) is 14.0. The number of nitrogens with two attached hydrogens (primary N) is 1. The molecule has 0 radical (unpaired) electrons. The van der Waals surface area contributed by atoms with Gasteiger partial charge in [-0.1, -0.05) is 42.5 Å². The van der Waals surface area contributed by atoms with Crippen LogP contribution in [-0.2, 0) is 16.4 Å². The first-order chi connectivity index (χ1) is 14.8. The lowest BCUT2D eigenvalue weighted by atomic mass is 9.68. The van der Waals surface area contributed by atoms with Gasteiger partial charge in [-0.25, -0.2) is 0 Å². The molecule has 0 saturated heterocycles. The quantitative estimate of drug-likeness (QED) is 0.555. The van der Waals surface area contributed by atoms with E-state index in [1.54, 1.807) is 30.3 Å². The molecule has 1 atom stereocenters. The molecule has 5 rings (SSSR count). The van der Waals surface area contributed by atoms with Crippen LogP contribution in [-0.4, -0.2) is 16.1 Å². The summed E-state index contributed by atoms with van der Waals surface area (Å²) in [5.74, 6) is -1.33. The van der Waals surface area contributed by atoms with E-state index >= 15 is 0 Å². The average molecular weight is 423 g/mol. The molecule has 2 aromatic carbocycles. The molecule has 154 valence electrons. The molecule has 0 aliphatic carbocycles. The van der Waals surface area contributed by atoms with Gasteiger partial charge in [0, 0.05) is 11.1 Å². The molecule has 4 N–H and O–H groups in total. The van der Waals surface area contributed by atoms with Crippen LogP contribution in [0.3, 0.4) is 0 Å². The minimum absolute atomic E-state index is 0.0463. The maximum Gasteiger partial charge on any atom is 0.418 e. The van der Waals surface area contributed by atoms with Crippen molar-refractivity contribution in [2.75, 3.05) is 5.32 Å². The van der Waals surface area contributed by atoms with E-state index in [9.17, 15) is 23.2 Å². The fourth-order valence-corrected chi connectivity index (χ4v) is 4.23. The standard InChI is InChI=1S/C21H12F3N5O2/c22-21(23,24)12-8-4-7-11-16(12)27-19(30)20(11)13(9-25)17(26)31-18-14(20)15(28-29-18)10-5-2-1-3-6-10/h1-8H,26H2,(H,27,30)(H,28,29). The molecule has 7 nitrogen and oxygen atoms in total. The molecule has 10 heteroatoms. The van der Waals surface area contributed by atoms with Crippen molar-refractivity contribution in [3.05, 3.63) is 76.7 Å². The van der Waals surface area contributed by atoms with Crippen molar-refractivity contribution in [2.45, 2.75) is 11.6 Å². The maximum atomic E-state index is 13.7. The number of hydrogen-bond donors (Lipinski definition) is 3. The van der Waals surface area contributed by atoms with Gasteiger partial charge in [0.05, 0.1) is 22.5 Å². The number of rotatable bonds is 1. The monoisotopic (exact) mass is 423 g/mol. The highest BCUT2D eigenvalue weighted by Gasteiger charge is 2.60. The summed E-state index contributed by atoms with van der Waals surface area (Å²) in [7, 11) is 0. The zero-order chi connectivity index (χ0) is 22.0. The molecule has 1 aromatic heterocycles. The van der Waals surface area contributed by atoms with Gasteiger partial charge < -0.3 is 15.8 Å². The minimum atomic E-state index is -4.72. The average Bonchev–Trinajstić information content (AvgIpc) is 3.28. The molecule has 3 aromatic rings. The number of nitriles is 1. The molecular weight excluding hydrogens is 411 g/mol. The van der Waals surface area contributed by atoms with Crippen molar-refractivity contribution < 1.29 is 22.7 Å². The Hall–Kier alpha value is -4.26. The minimum Gasteiger partial charge on any atom is -0.420 e. The topological polar surface area (TPSA) is 117 Å². The number of nitrogens with one attached hydrogen (secondary N) is 2. The van der Waals surface area contributed by atoms with Crippen LogP contribution in [0.4, 0.5) is 18.9 Å². The van der Waals surface area contributed by atoms with E-state index in [2.05, 4.69) is 15.5 Å². The number of carbonyl (C=O) groups is 1. The van der Waals surface area contributed by atoms with E-state index in [0.29, 0.717) is 11.3 Å². The van der Waals surface area contributed by atoms with E-state index in [1.807, 2.05) is 6.07 Å². The lowest BCUT2D eigenvalue weighted by Crippen LogP contribution is -2.42. The number of benzene rings is 2. The normalized spacial score (nSPS) is 19.5. The van der Waals surface area contributed by atoms with Crippen molar-refractivity contribution in [3.8, 4) is 23.2 Å². The summed E-state index contributed by atoms with van der Waals surface area (Å²) >= 11 is 0. The van der Waals surface area contributed by atoms with Crippen LogP contribution in [0.2, 0.25) is 0 Å². The number of anilines is 1. The predicted octanol–water partition coefficient (Wildman–Crippen LogP) is 3.42. The highest BCUT2D eigenvalue weighted by molar-refractivity contribution is 6.14. The lowest BCUT2D eigenvalue weighted by Gasteiger charge is -2.32. The summed E-state index contributed by atoms with van der Waals surface area (Å²) in [4.78, 5) is 13.4. The zero-order valence-corrected chi connectivity index (χ0v) is 15.5. The number of carbonyl (C=O) groups excluding carboxylic acids is 1. The summed E-state index contributed by atoms with van der Waals surface area (Å²) < 4.78 is 46.5. The second-order valence-corrected chi connectivity index (χ2v) is 7.03. The maximum absolute atomic E-state index is 13.7. The van der Waals surface area contributed by atoms with Crippen molar-refractivity contribution in [1.29, 1.82) is 5.26 Å². The Bertz CT molecular complexity index is 1320. The van der Waals surface area contributed by atoms with Crippen LogP contribution in [0.1, 0.15) is 16.7 Å². The van der Waals surface area contributed by atoms with Crippen LogP contribution < -0.4 is 15.8 Å². The first-order valence-electron chi connectivity index (χ1n) is 9.04. The number of halogens is 3.